The van der Waals surface area contributed by atoms with Crippen LogP contribution in [-0.4, -0.2) is 15.7 Å². The number of aryl methyl sites for hydroxylation is 1. The van der Waals surface area contributed by atoms with Crippen LogP contribution in [0, 0.1) is 18.6 Å². The number of nitrogens with zero attached hydrogens (tertiary/aromatic N) is 2. The summed E-state index contributed by atoms with van der Waals surface area (Å²) in [5, 5.41) is 6.20. The molecule has 35 heavy (non-hydrogen) atoms. The fourth-order valence-electron chi connectivity index (χ4n) is 3.50. The third-order valence-corrected chi connectivity index (χ3v) is 5.12. The number of amides is 1. The lowest BCUT2D eigenvalue weighted by atomic mass is 10.0. The molecule has 0 atom stereocenters. The third kappa shape index (κ3) is 4.96. The predicted octanol–water partition coefficient (Wildman–Crippen LogP) is 5.76. The molecule has 1 N–H and O–H groups in total. The molecule has 3 aromatic carbocycles. The Morgan fingerprint density at radius 1 is 0.943 bits per heavy atom. The molecule has 1 aromatic heterocycles. The lowest BCUT2D eigenvalue weighted by Gasteiger charge is -2.15. The monoisotopic (exact) mass is 485 g/mol. The van der Waals surface area contributed by atoms with Gasteiger partial charge in [-0.05, 0) is 36.8 Å². The molecule has 0 aliphatic heterocycles. The Morgan fingerprint density at radius 3 is 2.34 bits per heavy atom. The van der Waals surface area contributed by atoms with Crippen molar-refractivity contribution in [3.05, 3.63) is 112 Å². The van der Waals surface area contributed by atoms with Crippen LogP contribution in [0.25, 0.3) is 16.8 Å². The van der Waals surface area contributed by atoms with Crippen LogP contribution < -0.4 is 10.7 Å². The minimum absolute atomic E-state index is 0.0294. The summed E-state index contributed by atoms with van der Waals surface area (Å²) in [5.41, 5.74) is -2.27. The maximum absolute atomic E-state index is 14.7. The van der Waals surface area contributed by atoms with Crippen molar-refractivity contribution in [3.8, 4) is 16.8 Å². The maximum Gasteiger partial charge on any atom is 0.416 e. The zero-order chi connectivity index (χ0) is 25.3. The minimum Gasteiger partial charge on any atom is -0.317 e. The van der Waals surface area contributed by atoms with Gasteiger partial charge in [0.1, 0.15) is 11.6 Å². The summed E-state index contributed by atoms with van der Waals surface area (Å²) in [5.74, 6) is -3.07. The van der Waals surface area contributed by atoms with Crippen LogP contribution in [0.15, 0.2) is 77.6 Å². The van der Waals surface area contributed by atoms with Gasteiger partial charge in [0.2, 0.25) is 5.43 Å². The van der Waals surface area contributed by atoms with Gasteiger partial charge in [-0.15, -0.1) is 0 Å². The van der Waals surface area contributed by atoms with Crippen molar-refractivity contribution in [3.63, 3.8) is 0 Å². The fourth-order valence-corrected chi connectivity index (χ4v) is 3.50. The molecule has 0 unspecified atom stereocenters. The highest BCUT2D eigenvalue weighted by atomic mass is 19.4. The Morgan fingerprint density at radius 2 is 1.66 bits per heavy atom. The lowest BCUT2D eigenvalue weighted by molar-refractivity contribution is -0.137. The van der Waals surface area contributed by atoms with Crippen LogP contribution in [0.4, 0.5) is 27.6 Å². The largest absolute Gasteiger partial charge is 0.416 e. The van der Waals surface area contributed by atoms with Gasteiger partial charge in [-0.3, -0.25) is 9.59 Å². The van der Waals surface area contributed by atoms with E-state index in [-0.39, 0.29) is 22.6 Å². The van der Waals surface area contributed by atoms with Gasteiger partial charge in [-0.1, -0.05) is 36.4 Å². The number of benzene rings is 3. The Balaban J connectivity index is 1.77. The Kier molecular flexibility index (Phi) is 6.21. The smallest absolute Gasteiger partial charge is 0.317 e. The maximum atomic E-state index is 14.7. The number of rotatable bonds is 4. The second kappa shape index (κ2) is 9.13. The van der Waals surface area contributed by atoms with Gasteiger partial charge in [0.25, 0.3) is 5.91 Å². The quantitative estimate of drug-likeness (QED) is 0.374. The van der Waals surface area contributed by atoms with E-state index < -0.39 is 40.4 Å². The number of hydrogen-bond acceptors (Lipinski definition) is 3. The van der Waals surface area contributed by atoms with Gasteiger partial charge in [0.15, 0.2) is 5.69 Å². The van der Waals surface area contributed by atoms with Crippen LogP contribution >= 0.6 is 0 Å². The summed E-state index contributed by atoms with van der Waals surface area (Å²) < 4.78 is 69.0. The molecule has 0 bridgehead atoms. The highest BCUT2D eigenvalue weighted by molar-refractivity contribution is 6.05. The van der Waals surface area contributed by atoms with Gasteiger partial charge in [-0.25, -0.2) is 13.5 Å². The Bertz CT molecular complexity index is 1480. The normalized spacial score (nSPS) is 11.4. The number of carbonyl (C=O) groups is 1. The lowest BCUT2D eigenvalue weighted by Crippen LogP contribution is -2.27. The van der Waals surface area contributed by atoms with Crippen LogP contribution in [0.3, 0.4) is 0 Å². The molecule has 10 heteroatoms. The first kappa shape index (κ1) is 23.8. The molecule has 0 radical (unpaired) electrons. The number of aromatic nitrogens is 2. The van der Waals surface area contributed by atoms with Crippen molar-refractivity contribution < 1.29 is 26.7 Å². The molecule has 0 aliphatic carbocycles. The number of anilines is 1. The van der Waals surface area contributed by atoms with Crippen LogP contribution in [0.5, 0.6) is 0 Å². The number of halogens is 5. The van der Waals surface area contributed by atoms with E-state index in [0.29, 0.717) is 11.6 Å². The van der Waals surface area contributed by atoms with E-state index in [1.54, 1.807) is 30.3 Å². The summed E-state index contributed by atoms with van der Waals surface area (Å²) in [7, 11) is 0. The molecule has 4 rings (SSSR count). The van der Waals surface area contributed by atoms with Gasteiger partial charge in [0, 0.05) is 23.4 Å². The van der Waals surface area contributed by atoms with Crippen molar-refractivity contribution in [1.82, 2.24) is 9.78 Å². The SMILES string of the molecule is Cc1cc(=O)c(C(=O)Nc2c(F)cc(F)cc2-c2ccccc2)nn1-c1cccc(C(F)(F)F)c1. The molecule has 0 saturated heterocycles. The first-order valence-electron chi connectivity index (χ1n) is 10.2. The topological polar surface area (TPSA) is 64.0 Å². The average molecular weight is 485 g/mol. The minimum atomic E-state index is -4.61. The summed E-state index contributed by atoms with van der Waals surface area (Å²) in [6, 6.07) is 14.9. The van der Waals surface area contributed by atoms with Crippen LogP contribution in [0.2, 0.25) is 0 Å². The van der Waals surface area contributed by atoms with Gasteiger partial charge >= 0.3 is 6.18 Å². The second-order valence-electron chi connectivity index (χ2n) is 7.59. The summed E-state index contributed by atoms with van der Waals surface area (Å²) in [4.78, 5) is 25.5. The van der Waals surface area contributed by atoms with Crippen molar-refractivity contribution in [2.75, 3.05) is 5.32 Å². The molecular formula is C25H16F5N3O2. The van der Waals surface area contributed by atoms with Crippen molar-refractivity contribution in [2.45, 2.75) is 13.1 Å². The first-order chi connectivity index (χ1) is 16.5. The van der Waals surface area contributed by atoms with Crippen LogP contribution in [0.1, 0.15) is 21.7 Å². The van der Waals surface area contributed by atoms with Gasteiger partial charge in [0.05, 0.1) is 16.9 Å². The highest BCUT2D eigenvalue weighted by Gasteiger charge is 2.30. The van der Waals surface area contributed by atoms with Crippen molar-refractivity contribution in [1.29, 1.82) is 0 Å². The van der Waals surface area contributed by atoms with Crippen molar-refractivity contribution >= 4 is 11.6 Å². The molecule has 5 nitrogen and oxygen atoms in total. The molecular weight excluding hydrogens is 469 g/mol. The molecule has 0 aliphatic rings. The van der Waals surface area contributed by atoms with E-state index in [9.17, 15) is 31.5 Å². The van der Waals surface area contributed by atoms with E-state index in [0.717, 1.165) is 35.0 Å². The molecule has 1 amide bonds. The Labute approximate surface area is 195 Å². The van der Waals surface area contributed by atoms with Crippen molar-refractivity contribution in [2.24, 2.45) is 0 Å². The summed E-state index contributed by atoms with van der Waals surface area (Å²) in [6.45, 7) is 1.43. The number of alkyl halides is 3. The molecule has 178 valence electrons. The number of hydrogen-bond donors (Lipinski definition) is 1. The first-order valence-corrected chi connectivity index (χ1v) is 10.2. The standard InChI is InChI=1S/C25H16F5N3O2/c1-14-10-21(34)23(32-33(14)18-9-5-8-16(11-18)25(28,29)30)24(35)31-22-19(12-17(26)13-20(22)27)15-6-3-2-4-7-15/h2-13H,1H3,(H,31,35). The molecule has 1 heterocycles. The second-order valence-corrected chi connectivity index (χ2v) is 7.59. The fraction of sp³-hybridized carbons (Fsp3) is 0.0800. The van der Waals surface area contributed by atoms with Gasteiger partial charge in [-0.2, -0.15) is 18.3 Å². The predicted molar refractivity (Wildman–Crippen MR) is 119 cm³/mol. The molecule has 0 fully saturated rings. The third-order valence-electron chi connectivity index (χ3n) is 5.12. The van der Waals surface area contributed by atoms with E-state index in [1.807, 2.05) is 0 Å². The van der Waals surface area contributed by atoms with E-state index in [2.05, 4.69) is 10.4 Å². The average Bonchev–Trinajstić information content (AvgIpc) is 2.80. The summed E-state index contributed by atoms with van der Waals surface area (Å²) in [6.07, 6.45) is -4.61. The number of nitrogens with one attached hydrogen (secondary N) is 1. The van der Waals surface area contributed by atoms with E-state index >= 15 is 0 Å². The molecule has 0 saturated carbocycles. The van der Waals surface area contributed by atoms with E-state index in [4.69, 9.17) is 0 Å². The van der Waals surface area contributed by atoms with E-state index in [1.165, 1.54) is 13.0 Å². The molecule has 4 aromatic rings. The molecule has 0 spiro atoms. The highest BCUT2D eigenvalue weighted by Crippen LogP contribution is 2.32. The van der Waals surface area contributed by atoms with Crippen LogP contribution in [-0.2, 0) is 6.18 Å². The summed E-state index contributed by atoms with van der Waals surface area (Å²) >= 11 is 0. The Hall–Kier alpha value is -4.34. The zero-order valence-corrected chi connectivity index (χ0v) is 18.0. The van der Waals surface area contributed by atoms with Gasteiger partial charge < -0.3 is 5.32 Å². The zero-order valence-electron chi connectivity index (χ0n) is 18.0. The number of carbonyl (C=O) groups excluding carboxylic acids is 1.